The van der Waals surface area contributed by atoms with Crippen molar-refractivity contribution in [3.8, 4) is 5.75 Å². The first-order chi connectivity index (χ1) is 18.6. The quantitative estimate of drug-likeness (QED) is 0.628. The van der Waals surface area contributed by atoms with E-state index < -0.39 is 0 Å². The summed E-state index contributed by atoms with van der Waals surface area (Å²) in [7, 11) is 1.71. The Labute approximate surface area is 226 Å². The van der Waals surface area contributed by atoms with Crippen molar-refractivity contribution in [1.82, 2.24) is 15.1 Å². The molecule has 1 aromatic rings. The summed E-state index contributed by atoms with van der Waals surface area (Å²) in [6, 6.07) is 6.59. The Morgan fingerprint density at radius 1 is 1.03 bits per heavy atom. The zero-order chi connectivity index (χ0) is 26.3. The van der Waals surface area contributed by atoms with Crippen LogP contribution in [-0.4, -0.2) is 100 Å². The number of ether oxygens (including phenoxy) is 3. The zero-order valence-corrected chi connectivity index (χ0v) is 22.9. The third-order valence-electron chi connectivity index (χ3n) is 8.73. The molecule has 3 fully saturated rings. The number of methoxy groups -OCH3 is 1. The molecule has 5 rings (SSSR count). The highest BCUT2D eigenvalue weighted by Crippen LogP contribution is 2.33. The first-order valence-electron chi connectivity index (χ1n) is 14.5. The van der Waals surface area contributed by atoms with E-state index in [1.807, 2.05) is 9.80 Å². The second-order valence-corrected chi connectivity index (χ2v) is 11.2. The minimum atomic E-state index is 0.144. The number of nitrogens with one attached hydrogen (secondary N) is 1. The molecule has 0 aromatic heterocycles. The maximum atomic E-state index is 13.3. The summed E-state index contributed by atoms with van der Waals surface area (Å²) < 4.78 is 17.1. The number of carbonyl (C=O) groups excluding carboxylic acids is 2. The van der Waals surface area contributed by atoms with Gasteiger partial charge in [0, 0.05) is 64.0 Å². The van der Waals surface area contributed by atoms with Crippen molar-refractivity contribution in [2.45, 2.75) is 51.1 Å². The van der Waals surface area contributed by atoms with Crippen molar-refractivity contribution >= 4 is 17.5 Å². The Morgan fingerprint density at radius 3 is 2.74 bits per heavy atom. The van der Waals surface area contributed by atoms with Crippen LogP contribution in [0.5, 0.6) is 5.75 Å². The predicted molar refractivity (Wildman–Crippen MR) is 145 cm³/mol. The normalized spacial score (nSPS) is 27.1. The molecule has 3 saturated heterocycles. The van der Waals surface area contributed by atoms with Crippen molar-refractivity contribution in [3.05, 3.63) is 23.8 Å². The van der Waals surface area contributed by atoms with Crippen LogP contribution < -0.4 is 15.0 Å². The van der Waals surface area contributed by atoms with Crippen molar-refractivity contribution in [3.63, 3.8) is 0 Å². The van der Waals surface area contributed by atoms with Gasteiger partial charge in [-0.1, -0.05) is 0 Å². The van der Waals surface area contributed by atoms with Gasteiger partial charge in [-0.3, -0.25) is 9.59 Å². The number of hydrogen-bond donors (Lipinski definition) is 1. The molecule has 0 radical (unpaired) electrons. The molecule has 1 N–H and O–H groups in total. The highest BCUT2D eigenvalue weighted by atomic mass is 16.5. The van der Waals surface area contributed by atoms with Gasteiger partial charge >= 0.3 is 0 Å². The lowest BCUT2D eigenvalue weighted by molar-refractivity contribution is -0.136. The molecule has 0 spiro atoms. The Hall–Kier alpha value is -2.36. The molecule has 0 unspecified atom stereocenters. The van der Waals surface area contributed by atoms with Crippen LogP contribution >= 0.6 is 0 Å². The summed E-state index contributed by atoms with van der Waals surface area (Å²) in [5, 5.41) is 3.37. The molecule has 9 heteroatoms. The molecule has 4 aliphatic rings. The van der Waals surface area contributed by atoms with E-state index in [0.29, 0.717) is 44.6 Å². The van der Waals surface area contributed by atoms with Crippen LogP contribution in [0.4, 0.5) is 5.69 Å². The number of morpholine rings is 1. The number of anilines is 1. The maximum absolute atomic E-state index is 13.3. The van der Waals surface area contributed by atoms with Gasteiger partial charge in [-0.2, -0.15) is 0 Å². The summed E-state index contributed by atoms with van der Waals surface area (Å²) in [5.74, 6) is 1.89. The standard InChI is InChI=1S/C29H44N4O5/c1-36-21-26-5-2-9-33(26)28(34)17-22-8-10-32-20-23(22)4-3-13-38-27-7-6-25(31-11-14-37-15-12-31)16-24(27)18-30-19-29(32)35/h6-7,16,22-23,26,30H,2-5,8-15,17-21H2,1H3/t22-,23-,26+/m0/s1. The van der Waals surface area contributed by atoms with Crippen LogP contribution in [0, 0.1) is 11.8 Å². The molecular weight excluding hydrogens is 484 g/mol. The molecule has 4 aliphatic heterocycles. The number of likely N-dealkylation sites (tertiary alicyclic amines) is 1. The van der Waals surface area contributed by atoms with Gasteiger partial charge in [0.15, 0.2) is 0 Å². The van der Waals surface area contributed by atoms with Gasteiger partial charge in [0.25, 0.3) is 0 Å². The lowest BCUT2D eigenvalue weighted by Crippen LogP contribution is -2.48. The van der Waals surface area contributed by atoms with E-state index in [9.17, 15) is 9.59 Å². The molecule has 1 aromatic carbocycles. The number of amides is 2. The third kappa shape index (κ3) is 6.61. The van der Waals surface area contributed by atoms with E-state index in [2.05, 4.69) is 28.4 Å². The van der Waals surface area contributed by atoms with Crippen molar-refractivity contribution < 1.29 is 23.8 Å². The molecule has 0 aliphatic carbocycles. The SMILES string of the molecule is COC[C@H]1CCCN1C(=O)C[C@@H]1CCN2C[C@@H]1CCCOc1ccc(N3CCOCC3)cc1CNCC2=O. The fraction of sp³-hybridized carbons (Fsp3) is 0.724. The van der Waals surface area contributed by atoms with Crippen molar-refractivity contribution in [2.24, 2.45) is 11.8 Å². The van der Waals surface area contributed by atoms with E-state index in [-0.39, 0.29) is 17.9 Å². The first kappa shape index (κ1) is 27.2. The van der Waals surface area contributed by atoms with Gasteiger partial charge < -0.3 is 34.2 Å². The topological polar surface area (TPSA) is 83.6 Å². The number of hydrogen-bond acceptors (Lipinski definition) is 7. The minimum Gasteiger partial charge on any atom is -0.493 e. The second-order valence-electron chi connectivity index (χ2n) is 11.2. The number of carbonyl (C=O) groups is 2. The number of rotatable bonds is 5. The molecule has 3 atom stereocenters. The second kappa shape index (κ2) is 13.1. The average Bonchev–Trinajstić information content (AvgIpc) is 3.41. The minimum absolute atomic E-state index is 0.144. The lowest BCUT2D eigenvalue weighted by atomic mass is 9.80. The Morgan fingerprint density at radius 2 is 1.89 bits per heavy atom. The van der Waals surface area contributed by atoms with Gasteiger partial charge in [-0.05, 0) is 62.1 Å². The maximum Gasteiger partial charge on any atom is 0.236 e. The summed E-state index contributed by atoms with van der Waals surface area (Å²) in [6.45, 7) is 7.70. The monoisotopic (exact) mass is 528 g/mol. The highest BCUT2D eigenvalue weighted by molar-refractivity contribution is 5.79. The number of benzene rings is 1. The lowest BCUT2D eigenvalue weighted by Gasteiger charge is -2.39. The van der Waals surface area contributed by atoms with Crippen LogP contribution in [-0.2, 0) is 25.6 Å². The fourth-order valence-electron chi connectivity index (χ4n) is 6.58. The summed E-state index contributed by atoms with van der Waals surface area (Å²) in [6.07, 6.45) is 5.39. The largest absolute Gasteiger partial charge is 0.493 e. The molecule has 4 heterocycles. The van der Waals surface area contributed by atoms with Gasteiger partial charge in [-0.25, -0.2) is 0 Å². The van der Waals surface area contributed by atoms with E-state index in [4.69, 9.17) is 14.2 Å². The van der Waals surface area contributed by atoms with E-state index in [1.165, 1.54) is 5.69 Å². The Bertz CT molecular complexity index is 953. The third-order valence-corrected chi connectivity index (χ3v) is 8.73. The van der Waals surface area contributed by atoms with E-state index in [0.717, 1.165) is 89.4 Å². The van der Waals surface area contributed by atoms with Gasteiger partial charge in [0.05, 0.1) is 39.0 Å². The molecule has 2 amide bonds. The van der Waals surface area contributed by atoms with Crippen molar-refractivity contribution in [1.29, 1.82) is 0 Å². The Balaban J connectivity index is 1.24. The van der Waals surface area contributed by atoms with Crippen LogP contribution in [0.15, 0.2) is 18.2 Å². The Kier molecular flexibility index (Phi) is 9.40. The molecule has 210 valence electrons. The van der Waals surface area contributed by atoms with Crippen LogP contribution in [0.25, 0.3) is 0 Å². The average molecular weight is 529 g/mol. The van der Waals surface area contributed by atoms with Gasteiger partial charge in [0.2, 0.25) is 11.8 Å². The molecule has 0 saturated carbocycles. The van der Waals surface area contributed by atoms with Gasteiger partial charge in [0.1, 0.15) is 5.75 Å². The van der Waals surface area contributed by atoms with Crippen molar-refractivity contribution in [2.75, 3.05) is 77.7 Å². The predicted octanol–water partition coefficient (Wildman–Crippen LogP) is 2.28. The summed E-state index contributed by atoms with van der Waals surface area (Å²) in [5.41, 5.74) is 2.25. The zero-order valence-electron chi connectivity index (χ0n) is 22.9. The number of fused-ring (bicyclic) bond motifs is 3. The molecule has 38 heavy (non-hydrogen) atoms. The van der Waals surface area contributed by atoms with Crippen LogP contribution in [0.3, 0.4) is 0 Å². The summed E-state index contributed by atoms with van der Waals surface area (Å²) >= 11 is 0. The first-order valence-corrected chi connectivity index (χ1v) is 14.5. The van der Waals surface area contributed by atoms with E-state index >= 15 is 0 Å². The molecule has 9 nitrogen and oxygen atoms in total. The van der Waals surface area contributed by atoms with E-state index in [1.54, 1.807) is 7.11 Å². The number of nitrogens with zero attached hydrogens (tertiary/aromatic N) is 3. The van der Waals surface area contributed by atoms with Crippen LogP contribution in [0.1, 0.15) is 44.1 Å². The molecular formula is C29H44N4O5. The summed E-state index contributed by atoms with van der Waals surface area (Å²) in [4.78, 5) is 32.8. The smallest absolute Gasteiger partial charge is 0.236 e. The van der Waals surface area contributed by atoms with Crippen LogP contribution in [0.2, 0.25) is 0 Å². The highest BCUT2D eigenvalue weighted by Gasteiger charge is 2.36. The molecule has 2 bridgehead atoms. The number of piperidine rings is 1. The fourth-order valence-corrected chi connectivity index (χ4v) is 6.58. The van der Waals surface area contributed by atoms with Gasteiger partial charge in [-0.15, -0.1) is 0 Å².